The molecule has 1 aromatic heterocycles. The number of hydrogen-bond donors (Lipinski definition) is 2. The van der Waals surface area contributed by atoms with Crippen molar-refractivity contribution in [3.63, 3.8) is 0 Å². The van der Waals surface area contributed by atoms with E-state index in [1.807, 2.05) is 26.0 Å². The molecular formula is C14H25NO2. The maximum Gasteiger partial charge on any atom is 0.120 e. The molecule has 0 aliphatic carbocycles. The van der Waals surface area contributed by atoms with Crippen molar-refractivity contribution in [3.8, 4) is 0 Å². The molecule has 3 heteroatoms. The highest BCUT2D eigenvalue weighted by Gasteiger charge is 2.23. The Labute approximate surface area is 104 Å². The summed E-state index contributed by atoms with van der Waals surface area (Å²) in [6, 6.07) is 4.16. The molecule has 1 heterocycles. The highest BCUT2D eigenvalue weighted by atomic mass is 16.3. The molecule has 2 N–H and O–H groups in total. The monoisotopic (exact) mass is 239 g/mol. The Morgan fingerprint density at radius 1 is 1.29 bits per heavy atom. The average Bonchev–Trinajstić information content (AvgIpc) is 2.84. The van der Waals surface area contributed by atoms with Gasteiger partial charge in [-0.15, -0.1) is 0 Å². The van der Waals surface area contributed by atoms with Crippen molar-refractivity contribution < 1.29 is 9.52 Å². The molecule has 0 aliphatic rings. The fourth-order valence-electron chi connectivity index (χ4n) is 1.76. The van der Waals surface area contributed by atoms with Gasteiger partial charge in [0.2, 0.25) is 0 Å². The molecule has 1 aromatic rings. The summed E-state index contributed by atoms with van der Waals surface area (Å²) < 4.78 is 5.68. The Morgan fingerprint density at radius 3 is 2.41 bits per heavy atom. The highest BCUT2D eigenvalue weighted by molar-refractivity contribution is 5.10. The second-order valence-corrected chi connectivity index (χ2v) is 4.69. The molecule has 0 radical (unpaired) electrons. The number of furan rings is 1. The third-order valence-electron chi connectivity index (χ3n) is 3.51. The molecule has 0 fully saturated rings. The molecule has 17 heavy (non-hydrogen) atoms. The van der Waals surface area contributed by atoms with Gasteiger partial charge < -0.3 is 14.8 Å². The van der Waals surface area contributed by atoms with Crippen molar-refractivity contribution in [3.05, 3.63) is 23.7 Å². The first-order chi connectivity index (χ1) is 8.04. The smallest absolute Gasteiger partial charge is 0.120 e. The van der Waals surface area contributed by atoms with E-state index in [-0.39, 0.29) is 6.04 Å². The van der Waals surface area contributed by atoms with Gasteiger partial charge in [-0.2, -0.15) is 0 Å². The summed E-state index contributed by atoms with van der Waals surface area (Å²) in [6.45, 7) is 8.76. The van der Waals surface area contributed by atoms with Crippen LogP contribution in [0.2, 0.25) is 0 Å². The van der Waals surface area contributed by atoms with Crippen LogP contribution in [0, 0.1) is 0 Å². The van der Waals surface area contributed by atoms with Crippen LogP contribution in [-0.4, -0.2) is 17.3 Å². The summed E-state index contributed by atoms with van der Waals surface area (Å²) in [5.74, 6) is 1.95. The predicted molar refractivity (Wildman–Crippen MR) is 70.0 cm³/mol. The molecule has 0 aromatic carbocycles. The van der Waals surface area contributed by atoms with E-state index < -0.39 is 5.60 Å². The lowest BCUT2D eigenvalue weighted by atomic mass is 9.97. The number of rotatable bonds is 7. The minimum atomic E-state index is -0.603. The van der Waals surface area contributed by atoms with Gasteiger partial charge in [0.15, 0.2) is 0 Å². The van der Waals surface area contributed by atoms with Crippen molar-refractivity contribution >= 4 is 0 Å². The zero-order valence-electron chi connectivity index (χ0n) is 11.4. The van der Waals surface area contributed by atoms with Crippen LogP contribution < -0.4 is 5.32 Å². The Hall–Kier alpha value is -0.800. The number of aliphatic hydroxyl groups is 1. The van der Waals surface area contributed by atoms with Crippen molar-refractivity contribution in [2.75, 3.05) is 6.54 Å². The zero-order chi connectivity index (χ0) is 12.9. The Bertz CT molecular complexity index is 329. The van der Waals surface area contributed by atoms with E-state index in [2.05, 4.69) is 19.2 Å². The van der Waals surface area contributed by atoms with E-state index in [4.69, 9.17) is 4.42 Å². The maximum absolute atomic E-state index is 10.2. The van der Waals surface area contributed by atoms with Crippen LogP contribution in [0.1, 0.15) is 58.1 Å². The molecule has 0 spiro atoms. The second kappa shape index (κ2) is 6.22. The van der Waals surface area contributed by atoms with Crippen molar-refractivity contribution in [2.45, 2.75) is 58.6 Å². The summed E-state index contributed by atoms with van der Waals surface area (Å²) in [7, 11) is 0. The van der Waals surface area contributed by atoms with Crippen molar-refractivity contribution in [2.24, 2.45) is 0 Å². The quantitative estimate of drug-likeness (QED) is 0.768. The van der Waals surface area contributed by atoms with Gasteiger partial charge in [0.1, 0.15) is 11.5 Å². The fraction of sp³-hybridized carbons (Fsp3) is 0.714. The second-order valence-electron chi connectivity index (χ2n) is 4.69. The number of nitrogens with one attached hydrogen (secondary N) is 1. The fourth-order valence-corrected chi connectivity index (χ4v) is 1.76. The molecule has 3 nitrogen and oxygen atoms in total. The van der Waals surface area contributed by atoms with Gasteiger partial charge in [0, 0.05) is 13.0 Å². The minimum absolute atomic E-state index is 0.139. The molecule has 0 amide bonds. The standard InChI is InChI=1S/C14H25NO2/c1-5-12-8-9-13(17-12)11(4)15-10-14(16,6-2)7-3/h8-9,11,15-16H,5-7,10H2,1-4H3. The van der Waals surface area contributed by atoms with Crippen molar-refractivity contribution in [1.29, 1.82) is 0 Å². The molecule has 98 valence electrons. The first-order valence-corrected chi connectivity index (χ1v) is 6.59. The minimum Gasteiger partial charge on any atom is -0.464 e. The molecule has 0 bridgehead atoms. The van der Waals surface area contributed by atoms with Gasteiger partial charge in [-0.25, -0.2) is 0 Å². The topological polar surface area (TPSA) is 45.4 Å². The summed E-state index contributed by atoms with van der Waals surface area (Å²) in [6.07, 6.45) is 2.45. The van der Waals surface area contributed by atoms with Gasteiger partial charge in [0.05, 0.1) is 11.6 Å². The third-order valence-corrected chi connectivity index (χ3v) is 3.51. The lowest BCUT2D eigenvalue weighted by Gasteiger charge is -2.27. The van der Waals surface area contributed by atoms with Gasteiger partial charge >= 0.3 is 0 Å². The zero-order valence-corrected chi connectivity index (χ0v) is 11.4. The normalized spacial score (nSPS) is 13.9. The van der Waals surface area contributed by atoms with Crippen LogP contribution in [0.15, 0.2) is 16.5 Å². The van der Waals surface area contributed by atoms with Gasteiger partial charge in [0.25, 0.3) is 0 Å². The van der Waals surface area contributed by atoms with Crippen molar-refractivity contribution in [1.82, 2.24) is 5.32 Å². The van der Waals surface area contributed by atoms with Crippen LogP contribution in [-0.2, 0) is 6.42 Å². The lowest BCUT2D eigenvalue weighted by Crippen LogP contribution is -2.40. The van der Waals surface area contributed by atoms with Crippen LogP contribution in [0.3, 0.4) is 0 Å². The SMILES string of the molecule is CCc1ccc(C(C)NCC(O)(CC)CC)o1. The predicted octanol–water partition coefficient (Wildman–Crippen LogP) is 3.04. The van der Waals surface area contributed by atoms with Crippen LogP contribution in [0.25, 0.3) is 0 Å². The van der Waals surface area contributed by atoms with E-state index in [1.165, 1.54) is 0 Å². The van der Waals surface area contributed by atoms with Gasteiger partial charge in [-0.3, -0.25) is 0 Å². The van der Waals surface area contributed by atoms with Crippen LogP contribution >= 0.6 is 0 Å². The molecule has 0 aliphatic heterocycles. The van der Waals surface area contributed by atoms with Gasteiger partial charge in [-0.05, 0) is 31.9 Å². The summed E-state index contributed by atoms with van der Waals surface area (Å²) >= 11 is 0. The van der Waals surface area contributed by atoms with Crippen LogP contribution in [0.4, 0.5) is 0 Å². The summed E-state index contributed by atoms with van der Waals surface area (Å²) in [5, 5.41) is 13.5. The van der Waals surface area contributed by atoms with E-state index in [0.29, 0.717) is 6.54 Å². The largest absolute Gasteiger partial charge is 0.464 e. The Balaban J connectivity index is 2.51. The molecular weight excluding hydrogens is 214 g/mol. The highest BCUT2D eigenvalue weighted by Crippen LogP contribution is 2.19. The van der Waals surface area contributed by atoms with E-state index in [0.717, 1.165) is 30.8 Å². The van der Waals surface area contributed by atoms with E-state index >= 15 is 0 Å². The van der Waals surface area contributed by atoms with Gasteiger partial charge in [-0.1, -0.05) is 20.8 Å². The number of aryl methyl sites for hydroxylation is 1. The maximum atomic E-state index is 10.2. The summed E-state index contributed by atoms with van der Waals surface area (Å²) in [5.41, 5.74) is -0.603. The molecule has 1 atom stereocenters. The van der Waals surface area contributed by atoms with Crippen LogP contribution in [0.5, 0.6) is 0 Å². The lowest BCUT2D eigenvalue weighted by molar-refractivity contribution is 0.0297. The average molecular weight is 239 g/mol. The molecule has 0 saturated carbocycles. The first kappa shape index (κ1) is 14.3. The Kier molecular flexibility index (Phi) is 5.22. The third kappa shape index (κ3) is 3.86. The number of hydrogen-bond acceptors (Lipinski definition) is 3. The van der Waals surface area contributed by atoms with E-state index in [9.17, 15) is 5.11 Å². The molecule has 1 unspecified atom stereocenters. The summed E-state index contributed by atoms with van der Waals surface area (Å²) in [4.78, 5) is 0. The molecule has 0 saturated heterocycles. The van der Waals surface area contributed by atoms with E-state index in [1.54, 1.807) is 0 Å². The molecule has 1 rings (SSSR count). The first-order valence-electron chi connectivity index (χ1n) is 6.59. The Morgan fingerprint density at radius 2 is 1.94 bits per heavy atom.